The van der Waals surface area contributed by atoms with Gasteiger partial charge >= 0.3 is 18.1 Å². The maximum Gasteiger partial charge on any atom is 0.410 e. The van der Waals surface area contributed by atoms with Crippen LogP contribution in [0.4, 0.5) is 26.2 Å². The second kappa shape index (κ2) is 36.9. The Kier molecular flexibility index (Phi) is 27.5. The largest absolute Gasteiger partial charge is 0.491 e. The number of amides is 9. The number of anilines is 3. The number of carboxylic acids is 1. The number of nitrogens with zero attached hydrogens (tertiary/aromatic N) is 8. The number of aromatic carboxylic acids is 1. The van der Waals surface area contributed by atoms with E-state index in [9.17, 15) is 74.2 Å². The van der Waals surface area contributed by atoms with E-state index >= 15 is 0 Å². The van der Waals surface area contributed by atoms with Gasteiger partial charge in [-0.25, -0.2) is 24.4 Å². The van der Waals surface area contributed by atoms with Crippen molar-refractivity contribution in [3.8, 4) is 16.9 Å². The van der Waals surface area contributed by atoms with Crippen molar-refractivity contribution in [2.24, 2.45) is 34.3 Å². The van der Waals surface area contributed by atoms with Gasteiger partial charge in [-0.3, -0.25) is 52.8 Å². The fourth-order valence-corrected chi connectivity index (χ4v) is 19.4. The number of carbonyl (C=O) groups excluding carboxylic acids is 8. The summed E-state index contributed by atoms with van der Waals surface area (Å²) in [6.07, 6.45) is 10.9. The number of nitrogens with one attached hydrogen (secondary N) is 5. The van der Waals surface area contributed by atoms with Gasteiger partial charge < -0.3 is 61.0 Å². The third kappa shape index (κ3) is 22.0. The molecule has 0 saturated heterocycles. The van der Waals surface area contributed by atoms with Crippen LogP contribution in [-0.4, -0.2) is 214 Å². The lowest BCUT2D eigenvalue weighted by Crippen LogP contribution is -2.65. The van der Waals surface area contributed by atoms with Crippen LogP contribution in [0.1, 0.15) is 148 Å². The molecule has 4 fully saturated rings. The fourth-order valence-electron chi connectivity index (χ4n) is 17.6. The molecule has 2 aliphatic heterocycles. The number of aromatic nitrogens is 4. The molecule has 9 amide bonds. The number of unbranched alkanes of at least 4 members (excludes halogenated alkanes) is 2. The van der Waals surface area contributed by atoms with Crippen LogP contribution in [0, 0.1) is 35.5 Å². The third-order valence-electron chi connectivity index (χ3n) is 22.6. The Labute approximate surface area is 671 Å². The van der Waals surface area contributed by atoms with E-state index in [4.69, 9.17) is 30.0 Å². The minimum atomic E-state index is -4.60. The summed E-state index contributed by atoms with van der Waals surface area (Å²) in [7, 11) is -6.90. The number of hydrogen-bond acceptors (Lipinski definition) is 22. The summed E-state index contributed by atoms with van der Waals surface area (Å²) in [5.41, 5.74) is 9.11. The number of pyridine rings is 1. The zero-order chi connectivity index (χ0) is 82.7. The van der Waals surface area contributed by atoms with Crippen molar-refractivity contribution < 1.29 is 88.4 Å². The van der Waals surface area contributed by atoms with Crippen molar-refractivity contribution in [1.29, 1.82) is 0 Å². The van der Waals surface area contributed by atoms with Gasteiger partial charge in [0.15, 0.2) is 10.8 Å². The summed E-state index contributed by atoms with van der Waals surface area (Å²) in [6.45, 7) is 11.0. The maximum absolute atomic E-state index is 14.5. The highest BCUT2D eigenvalue weighted by atomic mass is 32.2. The minimum Gasteiger partial charge on any atom is -0.491 e. The van der Waals surface area contributed by atoms with Crippen molar-refractivity contribution in [3.05, 3.63) is 125 Å². The molecule has 3 aromatic heterocycles. The number of urea groups is 1. The number of hydrogen-bond donors (Lipinski definition) is 9. The van der Waals surface area contributed by atoms with Gasteiger partial charge in [-0.15, -0.1) is 0 Å². The molecule has 4 saturated carbocycles. The predicted molar refractivity (Wildman–Crippen MR) is 428 cm³/mol. The Hall–Kier alpha value is -9.98. The smallest absolute Gasteiger partial charge is 0.410 e. The van der Waals surface area contributed by atoms with Crippen LogP contribution in [0.15, 0.2) is 91.1 Å². The van der Waals surface area contributed by atoms with E-state index < -0.39 is 92.3 Å². The molecule has 115 heavy (non-hydrogen) atoms. The molecule has 12 rings (SSSR count). The van der Waals surface area contributed by atoms with Crippen LogP contribution in [-0.2, 0) is 79.8 Å². The van der Waals surface area contributed by atoms with Crippen LogP contribution in [0.2, 0.25) is 0 Å². The molecule has 36 heteroatoms. The van der Waals surface area contributed by atoms with Crippen molar-refractivity contribution in [1.82, 2.24) is 50.4 Å². The van der Waals surface area contributed by atoms with Gasteiger partial charge in [0.05, 0.1) is 46.7 Å². The molecule has 6 aliphatic rings. The molecule has 4 bridgehead atoms. The lowest BCUT2D eigenvalue weighted by molar-refractivity contribution is -0.247. The number of para-hydroxylation sites is 1. The number of thiazole rings is 1. The van der Waals surface area contributed by atoms with E-state index in [0.717, 1.165) is 58.7 Å². The summed E-state index contributed by atoms with van der Waals surface area (Å²) in [5.74, 6) is -4.22. The quantitative estimate of drug-likeness (QED) is 0.00999. The summed E-state index contributed by atoms with van der Waals surface area (Å²) in [4.78, 5) is 133. The SMILES string of the molecule is CCC1C2CC3(Cn4ncc(-c5ccc(N6CCc7c(OCCN(CCS(=O)(=O)O)C(=O)OCc8ccc(NC(=O)[C@H](CCCNC(N)=O)NC(=O)[C@@H](NC(=O)CCCCCN9C(=O)C=CC9=O)C(C)C)cc8)ccc(C(=O)Nc8nc9ccccc9s8)c7C6)nc5C(=O)O)c4C)CC(OCCN(C)CCS(=O)(=O)O)(C2)CC1(C)C3. The van der Waals surface area contributed by atoms with E-state index in [1.54, 1.807) is 56.4 Å². The highest BCUT2D eigenvalue weighted by Crippen LogP contribution is 2.70. The average molecular weight is 1650 g/mol. The molecule has 620 valence electrons. The average Bonchev–Trinajstić information content (AvgIpc) is 1.10. The molecule has 7 atom stereocenters. The summed E-state index contributed by atoms with van der Waals surface area (Å²) >= 11 is 1.30. The van der Waals surface area contributed by atoms with Crippen LogP contribution in [0.3, 0.4) is 0 Å². The van der Waals surface area contributed by atoms with Gasteiger partial charge in [-0.2, -0.15) is 21.9 Å². The van der Waals surface area contributed by atoms with E-state index in [1.807, 2.05) is 52.7 Å². The first kappa shape index (κ1) is 85.9. The van der Waals surface area contributed by atoms with Gasteiger partial charge in [0.25, 0.3) is 38.0 Å². The van der Waals surface area contributed by atoms with Crippen LogP contribution >= 0.6 is 11.3 Å². The van der Waals surface area contributed by atoms with Crippen LogP contribution in [0.5, 0.6) is 5.75 Å². The van der Waals surface area contributed by atoms with Gasteiger partial charge in [0, 0.05) is 105 Å². The van der Waals surface area contributed by atoms with E-state index in [2.05, 4.69) is 45.4 Å². The second-order valence-electron chi connectivity index (χ2n) is 31.5. The number of carboxylic acid groups (broad SMARTS) is 1. The molecule has 5 heterocycles. The summed E-state index contributed by atoms with van der Waals surface area (Å²) in [5, 5.41) is 29.9. The molecule has 0 spiro atoms. The van der Waals surface area contributed by atoms with E-state index in [1.165, 1.54) is 35.6 Å². The van der Waals surface area contributed by atoms with Crippen LogP contribution in [0.25, 0.3) is 21.3 Å². The number of benzene rings is 3. The molecule has 6 aromatic rings. The molecular weight excluding hydrogens is 1550 g/mol. The topological polar surface area (TPSA) is 453 Å². The van der Waals surface area contributed by atoms with Gasteiger partial charge in [-0.05, 0) is 166 Å². The molecular formula is C79H102N14O19S3. The van der Waals surface area contributed by atoms with Crippen molar-refractivity contribution in [3.63, 3.8) is 0 Å². The number of ether oxygens (including phenoxy) is 3. The van der Waals surface area contributed by atoms with Crippen molar-refractivity contribution in [2.75, 3.05) is 93.1 Å². The first-order valence-corrected chi connectivity index (χ1v) is 42.8. The molecule has 33 nitrogen and oxygen atoms in total. The number of likely N-dealkylation sites (N-methyl/N-ethyl adjacent to an activating group) is 1. The standard InChI is InChI=1S/C79H102N14O19S3/c1-7-59-52-40-78(45-77(59,5)46-79(41-52,47-78)112-37-32-89(6)34-38-114(104,105)106)48-93-50(4)57(42-82-93)55-23-25-64(86-69(55)73(100)101)91-31-28-54-58(43-91)56(70(97)88-75-85-60-14-10-11-16-63(60)113-75)22-24-62(54)110-36-33-90(35-39-115(107,108)109)76(103)111-44-51-18-20-53(21-19-51)83-71(98)61(15-13-29-81-74(80)102)84-72(99)68(49(2)3)87-65(94)17-9-8-12-30-92-66(95)26-27-67(92)96/h10-11,14,16,18-27,42,49,52,59,61,68H,7-9,12-13,15,17,28-41,43-48H2,1-6H3,(H,83,98)(H,84,99)(H,87,94)(H,100,101)(H3,80,81,102)(H,85,88,97)(H,104,105,106)(H,107,108,109)/t52?,59?,61-,68-,77?,78?,79?/m0/s1. The number of carbonyl (C=O) groups is 9. The maximum atomic E-state index is 14.5. The molecule has 10 N–H and O–H groups in total. The number of fused-ring (bicyclic) bond motifs is 2. The van der Waals surface area contributed by atoms with Gasteiger partial charge in [0.2, 0.25) is 17.7 Å². The first-order chi connectivity index (χ1) is 54.6. The normalized spacial score (nSPS) is 20.2. The van der Waals surface area contributed by atoms with Gasteiger partial charge in [0.1, 0.15) is 36.9 Å². The first-order valence-electron chi connectivity index (χ1n) is 38.8. The third-order valence-corrected chi connectivity index (χ3v) is 24.9. The minimum absolute atomic E-state index is 0.00952. The monoisotopic (exact) mass is 1650 g/mol. The number of rotatable bonds is 40. The summed E-state index contributed by atoms with van der Waals surface area (Å²) < 4.78 is 88.2. The zero-order valence-electron chi connectivity index (χ0n) is 65.4. The summed E-state index contributed by atoms with van der Waals surface area (Å²) in [6, 6.07) is 17.3. The number of primary amides is 1. The second-order valence-corrected chi connectivity index (χ2v) is 35.6. The zero-order valence-corrected chi connectivity index (χ0v) is 67.8. The molecule has 3 aromatic carbocycles. The van der Waals surface area contributed by atoms with Crippen molar-refractivity contribution in [2.45, 2.75) is 155 Å². The van der Waals surface area contributed by atoms with E-state index in [-0.39, 0.29) is 129 Å². The lowest BCUT2D eigenvalue weighted by atomic mass is 9.39. The fraction of sp³-hybridized carbons (Fsp3) is 0.519. The highest BCUT2D eigenvalue weighted by Gasteiger charge is 2.66. The van der Waals surface area contributed by atoms with Crippen molar-refractivity contribution >= 4 is 112 Å². The molecule has 4 aliphatic carbocycles. The Bertz CT molecular complexity index is 4850. The number of nitrogens with two attached hydrogens (primary N) is 1. The highest BCUT2D eigenvalue weighted by molar-refractivity contribution is 7.86. The van der Waals surface area contributed by atoms with Gasteiger partial charge in [-0.1, -0.05) is 76.1 Å². The number of imide groups is 1. The Balaban J connectivity index is 0.744. The Morgan fingerprint density at radius 1 is 0.800 bits per heavy atom. The molecule has 0 radical (unpaired) electrons. The van der Waals surface area contributed by atoms with E-state index in [0.29, 0.717) is 101 Å². The Morgan fingerprint density at radius 2 is 1.54 bits per heavy atom. The Morgan fingerprint density at radius 3 is 2.23 bits per heavy atom. The molecule has 5 unspecified atom stereocenters. The predicted octanol–water partition coefficient (Wildman–Crippen LogP) is 7.98. The van der Waals surface area contributed by atoms with Crippen LogP contribution < -0.4 is 42.0 Å². The lowest BCUT2D eigenvalue weighted by Gasteiger charge is -2.68.